The van der Waals surface area contributed by atoms with Gasteiger partial charge in [-0.25, -0.2) is 14.8 Å². The molecule has 0 aromatic heterocycles. The van der Waals surface area contributed by atoms with E-state index in [-0.39, 0.29) is 18.2 Å². The van der Waals surface area contributed by atoms with Crippen molar-refractivity contribution in [3.8, 4) is 0 Å². The first kappa shape index (κ1) is 24.3. The van der Waals surface area contributed by atoms with Crippen LogP contribution in [0.25, 0.3) is 5.70 Å². The van der Waals surface area contributed by atoms with Gasteiger partial charge in [0.05, 0.1) is 10.9 Å². The lowest BCUT2D eigenvalue weighted by atomic mass is 10.0. The van der Waals surface area contributed by atoms with Crippen LogP contribution in [-0.2, 0) is 25.6 Å². The molecule has 172 valence electrons. The molecule has 7 nitrogen and oxygen atoms in total. The lowest BCUT2D eigenvalue weighted by Gasteiger charge is -2.43. The number of nitrogens with zero attached hydrogens (tertiary/aromatic N) is 2. The molecule has 1 N–H and O–H groups in total. The molecule has 1 aliphatic heterocycles. The van der Waals surface area contributed by atoms with Crippen molar-refractivity contribution in [2.24, 2.45) is 5.92 Å². The van der Waals surface area contributed by atoms with Crippen LogP contribution in [0, 0.1) is 5.92 Å². The zero-order chi connectivity index (χ0) is 24.1. The van der Waals surface area contributed by atoms with Gasteiger partial charge in [0.25, 0.3) is 11.7 Å². The van der Waals surface area contributed by atoms with Crippen LogP contribution in [0.1, 0.15) is 31.9 Å². The van der Waals surface area contributed by atoms with Crippen LogP contribution in [0.15, 0.2) is 66.1 Å². The molecule has 0 fully saturated rings. The van der Waals surface area contributed by atoms with Gasteiger partial charge >= 0.3 is 5.97 Å². The Bertz CT molecular complexity index is 1070. The Balaban J connectivity index is 2.16. The molecule has 33 heavy (non-hydrogen) atoms. The van der Waals surface area contributed by atoms with Crippen molar-refractivity contribution in [3.63, 3.8) is 0 Å². The van der Waals surface area contributed by atoms with Crippen molar-refractivity contribution >= 4 is 41.0 Å². The average molecular weight is 467 g/mol. The number of rotatable bonds is 8. The molecule has 2 atom stereocenters. The molecule has 2 amide bonds. The Morgan fingerprint density at radius 3 is 2.12 bits per heavy atom. The zero-order valence-corrected chi connectivity index (χ0v) is 19.5. The number of aliphatic carboxylic acids is 1. The zero-order valence-electron chi connectivity index (χ0n) is 18.7. The second-order valence-corrected chi connectivity index (χ2v) is 9.07. The number of hydrazine groups is 1. The highest BCUT2D eigenvalue weighted by Crippen LogP contribution is 2.37. The molecule has 2 aromatic carbocycles. The first-order valence-electron chi connectivity index (χ1n) is 10.6. The van der Waals surface area contributed by atoms with Gasteiger partial charge in [0.1, 0.15) is 6.04 Å². The van der Waals surface area contributed by atoms with Crippen LogP contribution in [0.4, 0.5) is 0 Å². The van der Waals surface area contributed by atoms with Crippen molar-refractivity contribution in [2.75, 3.05) is 0 Å². The molecule has 0 radical (unpaired) electrons. The number of Topliss-reactive ketones (excluding diaryl/α,β-unsaturated/α-hetero) is 1. The average Bonchev–Trinajstić information content (AvgIpc) is 2.79. The Kier molecular flexibility index (Phi) is 7.71. The first-order valence-corrected chi connectivity index (χ1v) is 11.5. The smallest absolute Gasteiger partial charge is 0.374 e. The topological polar surface area (TPSA) is 95.0 Å². The summed E-state index contributed by atoms with van der Waals surface area (Å²) in [5.74, 6) is -3.84. The van der Waals surface area contributed by atoms with E-state index in [9.17, 15) is 24.3 Å². The lowest BCUT2D eigenvalue weighted by Crippen LogP contribution is -2.60. The summed E-state index contributed by atoms with van der Waals surface area (Å²) in [7, 11) is 0. The molecule has 8 heteroatoms. The number of benzene rings is 2. The quantitative estimate of drug-likeness (QED) is 0.597. The molecule has 2 aromatic rings. The van der Waals surface area contributed by atoms with E-state index in [1.54, 1.807) is 60.0 Å². The van der Waals surface area contributed by atoms with E-state index in [0.717, 1.165) is 5.01 Å². The fourth-order valence-corrected chi connectivity index (χ4v) is 4.76. The lowest BCUT2D eigenvalue weighted by molar-refractivity contribution is -0.166. The second-order valence-electron chi connectivity index (χ2n) is 8.06. The normalized spacial score (nSPS) is 16.8. The molecule has 0 spiro atoms. The van der Waals surface area contributed by atoms with Crippen LogP contribution in [0.2, 0.25) is 0 Å². The molecular weight excluding hydrogens is 440 g/mol. The van der Waals surface area contributed by atoms with Gasteiger partial charge in [-0.15, -0.1) is 11.8 Å². The summed E-state index contributed by atoms with van der Waals surface area (Å²) >= 11 is 1.35. The largest absolute Gasteiger partial charge is 0.475 e. The number of thioether (sulfide) groups is 1. The van der Waals surface area contributed by atoms with Crippen LogP contribution in [0.5, 0.6) is 0 Å². The third-order valence-electron chi connectivity index (χ3n) is 5.30. The van der Waals surface area contributed by atoms with Crippen molar-refractivity contribution < 1.29 is 24.3 Å². The minimum Gasteiger partial charge on any atom is -0.475 e. The second kappa shape index (κ2) is 10.5. The maximum atomic E-state index is 13.7. The minimum absolute atomic E-state index is 0.0448. The molecule has 3 rings (SSSR count). The van der Waals surface area contributed by atoms with E-state index in [0.29, 0.717) is 16.8 Å². The van der Waals surface area contributed by atoms with E-state index in [2.05, 4.69) is 0 Å². The van der Waals surface area contributed by atoms with Gasteiger partial charge in [-0.2, -0.15) is 0 Å². The minimum atomic E-state index is -1.66. The third-order valence-corrected chi connectivity index (χ3v) is 6.70. The molecule has 1 heterocycles. The van der Waals surface area contributed by atoms with Crippen molar-refractivity contribution in [3.05, 3.63) is 77.2 Å². The molecule has 0 bridgehead atoms. The Morgan fingerprint density at radius 1 is 1.03 bits per heavy atom. The van der Waals surface area contributed by atoms with Crippen LogP contribution >= 0.6 is 11.8 Å². The van der Waals surface area contributed by atoms with E-state index in [1.807, 2.05) is 19.9 Å². The number of carbonyl (C=O) groups excluding carboxylic acids is 3. The summed E-state index contributed by atoms with van der Waals surface area (Å²) in [6, 6.07) is 16.5. The summed E-state index contributed by atoms with van der Waals surface area (Å²) in [5.41, 5.74) is 1.77. The summed E-state index contributed by atoms with van der Waals surface area (Å²) in [5, 5.41) is 13.1. The molecular formula is C25H26N2O5S. The van der Waals surface area contributed by atoms with E-state index in [4.69, 9.17) is 0 Å². The maximum absolute atomic E-state index is 13.7. The van der Waals surface area contributed by atoms with E-state index >= 15 is 0 Å². The summed E-state index contributed by atoms with van der Waals surface area (Å²) in [6.45, 7) is 5.03. The predicted molar refractivity (Wildman–Crippen MR) is 127 cm³/mol. The third kappa shape index (κ3) is 5.34. The first-order chi connectivity index (χ1) is 15.7. The maximum Gasteiger partial charge on any atom is 0.374 e. The van der Waals surface area contributed by atoms with E-state index < -0.39 is 29.0 Å². The highest BCUT2D eigenvalue weighted by molar-refractivity contribution is 8.03. The van der Waals surface area contributed by atoms with E-state index in [1.165, 1.54) is 23.7 Å². The highest BCUT2D eigenvalue weighted by atomic mass is 32.2. The fourth-order valence-electron chi connectivity index (χ4n) is 3.72. The van der Waals surface area contributed by atoms with Crippen LogP contribution in [0.3, 0.4) is 0 Å². The van der Waals surface area contributed by atoms with Gasteiger partial charge < -0.3 is 5.11 Å². The van der Waals surface area contributed by atoms with Gasteiger partial charge in [0.2, 0.25) is 5.91 Å². The van der Waals surface area contributed by atoms with Crippen LogP contribution < -0.4 is 0 Å². The number of ketones is 1. The number of amides is 2. The predicted octanol–water partition coefficient (Wildman–Crippen LogP) is 3.61. The van der Waals surface area contributed by atoms with Gasteiger partial charge in [0.15, 0.2) is 0 Å². The van der Waals surface area contributed by atoms with Crippen molar-refractivity contribution in [1.29, 1.82) is 0 Å². The standard InChI is InChI=1S/C25H26N2O5S/c1-16(2)23-24(30)27(21(15-33-23)19-12-8-5-9-13-19)26(17(3)28)20(22(29)25(31)32)14-18-10-6-4-7-11-18/h4-13,15-16,20,23H,14H2,1-3H3,(H,31,32)/t20-,23?/m0/s1. The molecule has 1 unspecified atom stereocenters. The summed E-state index contributed by atoms with van der Waals surface area (Å²) in [6.07, 6.45) is -0.0448. The number of carboxylic acids is 1. The van der Waals surface area contributed by atoms with Crippen molar-refractivity contribution in [2.45, 2.75) is 38.5 Å². The molecule has 0 aliphatic carbocycles. The number of carbonyl (C=O) groups is 4. The van der Waals surface area contributed by atoms with Crippen molar-refractivity contribution in [1.82, 2.24) is 10.0 Å². The summed E-state index contributed by atoms with van der Waals surface area (Å²) < 4.78 is 0. The Morgan fingerprint density at radius 2 is 1.61 bits per heavy atom. The van der Waals surface area contributed by atoms with Gasteiger partial charge in [-0.05, 0) is 16.9 Å². The molecule has 0 saturated carbocycles. The highest BCUT2D eigenvalue weighted by Gasteiger charge is 2.44. The van der Waals surface area contributed by atoms with Gasteiger partial charge in [-0.3, -0.25) is 14.4 Å². The van der Waals surface area contributed by atoms with Crippen LogP contribution in [-0.4, -0.2) is 50.0 Å². The number of hydrogen-bond acceptors (Lipinski definition) is 5. The molecule has 1 aliphatic rings. The Hall–Kier alpha value is -3.39. The SMILES string of the molecule is CC(=O)N([C@@H](Cc1ccccc1)C(=O)C(=O)O)N1C(=O)C(C(C)C)SC=C1c1ccccc1. The van der Waals surface area contributed by atoms with Gasteiger partial charge in [0, 0.05) is 18.9 Å². The number of hydrogen-bond donors (Lipinski definition) is 1. The fraction of sp³-hybridized carbons (Fsp3) is 0.280. The summed E-state index contributed by atoms with van der Waals surface area (Å²) in [4.78, 5) is 51.2. The number of carboxylic acid groups (broad SMARTS) is 1. The Labute approximate surface area is 197 Å². The molecule has 0 saturated heterocycles. The monoisotopic (exact) mass is 466 g/mol. The van der Waals surface area contributed by atoms with Gasteiger partial charge in [-0.1, -0.05) is 74.5 Å².